The van der Waals surface area contributed by atoms with Crippen molar-refractivity contribution in [3.8, 4) is 33.6 Å². The number of nitrogens with zero attached hydrogens (tertiary/aromatic N) is 5. The molecule has 4 N–H and O–H groups in total. The van der Waals surface area contributed by atoms with E-state index in [2.05, 4.69) is 79.0 Å². The molecule has 0 radical (unpaired) electrons. The number of aromatic nitrogens is 4. The van der Waals surface area contributed by atoms with Crippen molar-refractivity contribution in [1.82, 2.24) is 40.4 Å². The molecule has 5 atom stereocenters. The fraction of sp³-hybridized carbons (Fsp3) is 0.413. The Hall–Kier alpha value is -6.69. The molecule has 2 aromatic heterocycles. The van der Waals surface area contributed by atoms with Crippen molar-refractivity contribution in [2.45, 2.75) is 83.1 Å². The summed E-state index contributed by atoms with van der Waals surface area (Å²) in [5, 5.41) is 7.52. The van der Waals surface area contributed by atoms with Gasteiger partial charge < -0.3 is 44.7 Å². The van der Waals surface area contributed by atoms with Gasteiger partial charge in [0.15, 0.2) is 0 Å². The number of likely N-dealkylation sites (tertiary alicyclic amines) is 2. The van der Waals surface area contributed by atoms with E-state index < -0.39 is 30.3 Å². The maximum atomic E-state index is 13.9. The minimum absolute atomic E-state index is 0.112. The van der Waals surface area contributed by atoms with E-state index in [9.17, 15) is 19.2 Å². The maximum absolute atomic E-state index is 13.9. The number of hydrogen-bond acceptors (Lipinski definition) is 8. The average molecular weight is 826 g/mol. The van der Waals surface area contributed by atoms with Gasteiger partial charge in [-0.3, -0.25) is 9.59 Å². The van der Waals surface area contributed by atoms with Gasteiger partial charge in [-0.2, -0.15) is 0 Å². The lowest BCUT2D eigenvalue weighted by Crippen LogP contribution is -2.51. The molecule has 1 aliphatic carbocycles. The Balaban J connectivity index is 0.960. The Bertz CT molecular complexity index is 2500. The van der Waals surface area contributed by atoms with Gasteiger partial charge in [0.05, 0.1) is 63.1 Å². The predicted molar refractivity (Wildman–Crippen MR) is 229 cm³/mol. The van der Waals surface area contributed by atoms with E-state index in [1.807, 2.05) is 44.0 Å². The van der Waals surface area contributed by atoms with E-state index in [1.54, 1.807) is 11.1 Å². The minimum Gasteiger partial charge on any atom is -0.453 e. The topological polar surface area (TPSA) is 179 Å². The lowest BCUT2D eigenvalue weighted by Gasteiger charge is -2.30. The van der Waals surface area contributed by atoms with Crippen LogP contribution in [0.2, 0.25) is 0 Å². The number of ether oxygens (including phenoxy) is 2. The molecule has 4 amide bonds. The van der Waals surface area contributed by atoms with Crippen molar-refractivity contribution in [2.75, 3.05) is 27.3 Å². The number of carbonyl (C=O) groups excluding carboxylic acids is 4. The fourth-order valence-electron chi connectivity index (χ4n) is 8.84. The van der Waals surface area contributed by atoms with Crippen molar-refractivity contribution in [3.05, 3.63) is 96.1 Å². The zero-order valence-electron chi connectivity index (χ0n) is 35.0. The molecule has 15 heteroatoms. The number of methoxy groups -OCH3 is 2. The molecule has 0 bridgehead atoms. The Labute approximate surface area is 354 Å². The molecule has 2 aliphatic heterocycles. The van der Waals surface area contributed by atoms with Crippen LogP contribution in [0.3, 0.4) is 0 Å². The SMILES string of the molecule is [C-]#[N+]C1C[C@@H](c2ncc(-c3ccc(-c4ccc5cc(-c6cnc([C@@H]7CC8(CC8)CN7C(=O)[C@@H](NC(=O)OC)C(C)C)[nH]6)ccc5c4)cc3)[nH]2)N(C(=O)[C@H](CC)NC(=O)OC)C1. The number of amides is 4. The predicted octanol–water partition coefficient (Wildman–Crippen LogP) is 7.42. The van der Waals surface area contributed by atoms with Gasteiger partial charge in [0.2, 0.25) is 17.9 Å². The van der Waals surface area contributed by atoms with E-state index in [4.69, 9.17) is 21.0 Å². The summed E-state index contributed by atoms with van der Waals surface area (Å²) in [5.41, 5.74) is 5.81. The van der Waals surface area contributed by atoms with Crippen molar-refractivity contribution in [1.29, 1.82) is 0 Å². The first kappa shape index (κ1) is 41.1. The highest BCUT2D eigenvalue weighted by Gasteiger charge is 2.55. The van der Waals surface area contributed by atoms with E-state index in [0.29, 0.717) is 25.2 Å². The van der Waals surface area contributed by atoms with Crippen LogP contribution in [0.4, 0.5) is 9.59 Å². The average Bonchev–Trinajstić information content (AvgIpc) is 3.78. The molecular formula is C46H51N9O6. The number of nitrogens with one attached hydrogen (secondary N) is 4. The quantitative estimate of drug-likeness (QED) is 0.0995. The molecule has 1 spiro atoms. The second kappa shape index (κ2) is 16.8. The number of H-pyrrole nitrogens is 2. The molecular weight excluding hydrogens is 775 g/mol. The van der Waals surface area contributed by atoms with Gasteiger partial charge in [-0.1, -0.05) is 69.3 Å². The third-order valence-corrected chi connectivity index (χ3v) is 12.6. The number of alkyl carbamates (subject to hydrolysis) is 2. The Kier molecular flexibility index (Phi) is 11.3. The molecule has 3 aliphatic rings. The number of benzene rings is 3. The van der Waals surface area contributed by atoms with Crippen LogP contribution in [0.15, 0.2) is 73.1 Å². The van der Waals surface area contributed by atoms with Crippen LogP contribution in [-0.4, -0.2) is 99.2 Å². The second-order valence-electron chi connectivity index (χ2n) is 16.9. The highest BCUT2D eigenvalue weighted by Crippen LogP contribution is 2.58. The van der Waals surface area contributed by atoms with E-state index >= 15 is 0 Å². The number of imidazole rings is 2. The summed E-state index contributed by atoms with van der Waals surface area (Å²) in [5.74, 6) is 0.845. The van der Waals surface area contributed by atoms with Crippen molar-refractivity contribution >= 4 is 34.8 Å². The van der Waals surface area contributed by atoms with Crippen LogP contribution >= 0.6 is 0 Å². The smallest absolute Gasteiger partial charge is 0.407 e. The zero-order valence-corrected chi connectivity index (χ0v) is 35.0. The second-order valence-corrected chi connectivity index (χ2v) is 16.9. The first-order chi connectivity index (χ1) is 29.4. The number of rotatable bonds is 11. The number of fused-ring (bicyclic) bond motifs is 1. The third-order valence-electron chi connectivity index (χ3n) is 12.6. The van der Waals surface area contributed by atoms with Gasteiger partial charge in [0.25, 0.3) is 0 Å². The van der Waals surface area contributed by atoms with Crippen molar-refractivity contribution < 1.29 is 28.7 Å². The normalized spacial score (nSPS) is 20.0. The third kappa shape index (κ3) is 8.27. The minimum atomic E-state index is -0.769. The van der Waals surface area contributed by atoms with Crippen LogP contribution in [0.5, 0.6) is 0 Å². The zero-order chi connectivity index (χ0) is 43.0. The van der Waals surface area contributed by atoms with Gasteiger partial charge in [-0.15, -0.1) is 0 Å². The molecule has 2 saturated heterocycles. The first-order valence-corrected chi connectivity index (χ1v) is 20.8. The molecule has 4 heterocycles. The van der Waals surface area contributed by atoms with Gasteiger partial charge in [0.1, 0.15) is 23.7 Å². The largest absolute Gasteiger partial charge is 0.453 e. The summed E-state index contributed by atoms with van der Waals surface area (Å²) in [7, 11) is 2.56. The molecule has 3 aromatic carbocycles. The molecule has 8 rings (SSSR count). The van der Waals surface area contributed by atoms with Gasteiger partial charge in [-0.05, 0) is 76.6 Å². The Morgan fingerprint density at radius 3 is 1.98 bits per heavy atom. The molecule has 15 nitrogen and oxygen atoms in total. The lowest BCUT2D eigenvalue weighted by atomic mass is 9.98. The molecule has 3 fully saturated rings. The lowest BCUT2D eigenvalue weighted by molar-refractivity contribution is -0.136. The van der Waals surface area contributed by atoms with E-state index in [-0.39, 0.29) is 41.8 Å². The molecule has 1 unspecified atom stereocenters. The molecule has 1 saturated carbocycles. The first-order valence-electron chi connectivity index (χ1n) is 20.8. The molecule has 316 valence electrons. The van der Waals surface area contributed by atoms with Crippen molar-refractivity contribution in [3.63, 3.8) is 0 Å². The van der Waals surface area contributed by atoms with Crippen LogP contribution < -0.4 is 10.6 Å². The Morgan fingerprint density at radius 1 is 0.803 bits per heavy atom. The summed E-state index contributed by atoms with van der Waals surface area (Å²) in [6, 6.07) is 18.5. The van der Waals surface area contributed by atoms with Crippen molar-refractivity contribution in [2.24, 2.45) is 11.3 Å². The number of carbonyl (C=O) groups is 4. The van der Waals surface area contributed by atoms with Crippen LogP contribution in [0.1, 0.15) is 76.6 Å². The standard InChI is InChI=1S/C46H51N9O6/c1-7-34(52-44(58)60-5)42(56)54-24-33(47-4)20-37(54)40-48-22-35(50-40)28-10-8-27(9-11-28)29-12-13-31-19-32(15-14-30(31)18-29)36-23-49-41(51-36)38-21-46(16-17-46)25-55(38)43(57)39(26(2)3)53-45(59)61-6/h8-15,18-19,22-23,26,33-34,37-39H,7,16-17,20-21,24-25H2,1-3,5-6H3,(H,48,50)(H,49,51)(H,52,58)(H,53,59)/t33?,34-,37-,38-,39-/m0/s1. The monoisotopic (exact) mass is 825 g/mol. The van der Waals surface area contributed by atoms with Crippen LogP contribution in [0, 0.1) is 17.9 Å². The summed E-state index contributed by atoms with van der Waals surface area (Å²) >= 11 is 0. The van der Waals surface area contributed by atoms with Gasteiger partial charge in [0, 0.05) is 12.1 Å². The summed E-state index contributed by atoms with van der Waals surface area (Å²) in [6.45, 7) is 14.2. The van der Waals surface area contributed by atoms with Gasteiger partial charge >= 0.3 is 12.2 Å². The highest BCUT2D eigenvalue weighted by molar-refractivity contribution is 5.91. The molecule has 61 heavy (non-hydrogen) atoms. The van der Waals surface area contributed by atoms with Crippen LogP contribution in [-0.2, 0) is 19.1 Å². The maximum Gasteiger partial charge on any atom is 0.407 e. The fourth-order valence-corrected chi connectivity index (χ4v) is 8.84. The molecule has 5 aromatic rings. The van der Waals surface area contributed by atoms with E-state index in [0.717, 1.165) is 69.5 Å². The summed E-state index contributed by atoms with van der Waals surface area (Å²) in [6.07, 6.45) is 6.11. The van der Waals surface area contributed by atoms with E-state index in [1.165, 1.54) is 14.2 Å². The summed E-state index contributed by atoms with van der Waals surface area (Å²) in [4.78, 5) is 75.1. The highest BCUT2D eigenvalue weighted by atomic mass is 16.5. The Morgan fingerprint density at radius 2 is 1.38 bits per heavy atom. The summed E-state index contributed by atoms with van der Waals surface area (Å²) < 4.78 is 9.53. The number of aromatic amines is 2. The van der Waals surface area contributed by atoms with Crippen LogP contribution in [0.25, 0.3) is 49.3 Å². The number of hydrogen-bond donors (Lipinski definition) is 4. The van der Waals surface area contributed by atoms with Gasteiger partial charge in [-0.25, -0.2) is 26.1 Å².